The molecule has 1 aromatic carbocycles. The molecule has 0 saturated carbocycles. The molecule has 0 aromatic heterocycles. The van der Waals surface area contributed by atoms with E-state index in [2.05, 4.69) is 21.2 Å². The lowest BCUT2D eigenvalue weighted by Gasteiger charge is -2.05. The minimum absolute atomic E-state index is 0.112. The van der Waals surface area contributed by atoms with Gasteiger partial charge in [0.05, 0.1) is 4.92 Å². The van der Waals surface area contributed by atoms with E-state index >= 15 is 0 Å². The Morgan fingerprint density at radius 1 is 1.39 bits per heavy atom. The fourth-order valence-electron chi connectivity index (χ4n) is 1.57. The monoisotopic (exact) mass is 316 g/mol. The van der Waals surface area contributed by atoms with E-state index in [9.17, 15) is 10.1 Å². The van der Waals surface area contributed by atoms with Gasteiger partial charge in [-0.15, -0.1) is 0 Å². The van der Waals surface area contributed by atoms with Gasteiger partial charge in [-0.05, 0) is 31.0 Å². The fourth-order valence-corrected chi connectivity index (χ4v) is 2.10. The predicted octanol–water partition coefficient (Wildman–Crippen LogP) is 2.87. The predicted molar refractivity (Wildman–Crippen MR) is 73.6 cm³/mol. The van der Waals surface area contributed by atoms with Gasteiger partial charge < -0.3 is 10.1 Å². The molecule has 0 heterocycles. The highest BCUT2D eigenvalue weighted by atomic mass is 79.9. The van der Waals surface area contributed by atoms with Crippen molar-refractivity contribution < 1.29 is 9.66 Å². The van der Waals surface area contributed by atoms with Crippen LogP contribution < -0.4 is 5.32 Å². The van der Waals surface area contributed by atoms with E-state index in [1.165, 1.54) is 6.07 Å². The molecular weight excluding hydrogens is 300 g/mol. The molecule has 18 heavy (non-hydrogen) atoms. The summed E-state index contributed by atoms with van der Waals surface area (Å²) in [5.41, 5.74) is 1.02. The SMILES string of the molecule is COCCCCNCc1cc(Br)cc([N+](=O)[O-])c1. The Morgan fingerprint density at radius 2 is 2.17 bits per heavy atom. The summed E-state index contributed by atoms with van der Waals surface area (Å²) < 4.78 is 5.69. The second-order valence-corrected chi connectivity index (χ2v) is 4.87. The van der Waals surface area contributed by atoms with Crippen molar-refractivity contribution in [3.8, 4) is 0 Å². The molecule has 100 valence electrons. The molecular formula is C12H17BrN2O3. The Hall–Kier alpha value is -0.980. The maximum Gasteiger partial charge on any atom is 0.270 e. The van der Waals surface area contributed by atoms with Gasteiger partial charge in [-0.25, -0.2) is 0 Å². The molecule has 5 nitrogen and oxygen atoms in total. The van der Waals surface area contributed by atoms with Gasteiger partial charge in [0.15, 0.2) is 0 Å². The van der Waals surface area contributed by atoms with Crippen LogP contribution >= 0.6 is 15.9 Å². The Balaban J connectivity index is 2.40. The van der Waals surface area contributed by atoms with Gasteiger partial charge >= 0.3 is 0 Å². The quantitative estimate of drug-likeness (QED) is 0.455. The highest BCUT2D eigenvalue weighted by Gasteiger charge is 2.08. The standard InChI is InChI=1S/C12H17BrN2O3/c1-18-5-3-2-4-14-9-10-6-11(13)8-12(7-10)15(16)17/h6-8,14H,2-5,9H2,1H3. The second kappa shape index (κ2) is 8.18. The van der Waals surface area contributed by atoms with Gasteiger partial charge in [0.1, 0.15) is 0 Å². The zero-order valence-electron chi connectivity index (χ0n) is 10.3. The normalized spacial score (nSPS) is 10.6. The summed E-state index contributed by atoms with van der Waals surface area (Å²) >= 11 is 3.28. The maximum absolute atomic E-state index is 10.7. The Morgan fingerprint density at radius 3 is 2.83 bits per heavy atom. The molecule has 0 atom stereocenters. The van der Waals surface area contributed by atoms with Crippen molar-refractivity contribution in [3.05, 3.63) is 38.3 Å². The molecule has 6 heteroatoms. The van der Waals surface area contributed by atoms with Gasteiger partial charge in [0.25, 0.3) is 5.69 Å². The number of nitrogens with zero attached hydrogens (tertiary/aromatic N) is 1. The summed E-state index contributed by atoms with van der Waals surface area (Å²) in [6.07, 6.45) is 2.05. The van der Waals surface area contributed by atoms with Crippen LogP contribution in [0.3, 0.4) is 0 Å². The van der Waals surface area contributed by atoms with Gasteiger partial charge in [-0.3, -0.25) is 10.1 Å². The van der Waals surface area contributed by atoms with Crippen LogP contribution in [0.5, 0.6) is 0 Å². The summed E-state index contributed by atoms with van der Waals surface area (Å²) in [6.45, 7) is 2.28. The summed E-state index contributed by atoms with van der Waals surface area (Å²) in [4.78, 5) is 10.3. The third-order valence-corrected chi connectivity index (χ3v) is 2.89. The average Bonchev–Trinajstić information content (AvgIpc) is 2.33. The van der Waals surface area contributed by atoms with Crippen LogP contribution in [0.2, 0.25) is 0 Å². The highest BCUT2D eigenvalue weighted by Crippen LogP contribution is 2.21. The van der Waals surface area contributed by atoms with Crippen LogP contribution in [0.1, 0.15) is 18.4 Å². The first-order valence-corrected chi connectivity index (χ1v) is 6.56. The van der Waals surface area contributed by atoms with E-state index in [0.717, 1.165) is 36.0 Å². The van der Waals surface area contributed by atoms with Gasteiger partial charge in [-0.1, -0.05) is 15.9 Å². The molecule has 0 fully saturated rings. The number of halogens is 1. The number of hydrogen-bond donors (Lipinski definition) is 1. The number of nitro benzene ring substituents is 1. The first-order chi connectivity index (χ1) is 8.63. The Kier molecular flexibility index (Phi) is 6.85. The van der Waals surface area contributed by atoms with Crippen molar-refractivity contribution in [2.24, 2.45) is 0 Å². The van der Waals surface area contributed by atoms with E-state index in [1.54, 1.807) is 13.2 Å². The highest BCUT2D eigenvalue weighted by molar-refractivity contribution is 9.10. The smallest absolute Gasteiger partial charge is 0.270 e. The van der Waals surface area contributed by atoms with Crippen LogP contribution in [0.15, 0.2) is 22.7 Å². The summed E-state index contributed by atoms with van der Waals surface area (Å²) in [6, 6.07) is 4.98. The molecule has 0 aliphatic heterocycles. The molecule has 0 aliphatic rings. The van der Waals surface area contributed by atoms with Gasteiger partial charge in [-0.2, -0.15) is 0 Å². The summed E-state index contributed by atoms with van der Waals surface area (Å²) in [5, 5.41) is 14.0. The van der Waals surface area contributed by atoms with Crippen molar-refractivity contribution in [3.63, 3.8) is 0 Å². The minimum atomic E-state index is -0.382. The number of benzene rings is 1. The van der Waals surface area contributed by atoms with Crippen molar-refractivity contribution in [1.82, 2.24) is 5.32 Å². The maximum atomic E-state index is 10.7. The van der Waals surface area contributed by atoms with Crippen LogP contribution in [0, 0.1) is 10.1 Å². The van der Waals surface area contributed by atoms with E-state index in [4.69, 9.17) is 4.74 Å². The van der Waals surface area contributed by atoms with E-state index < -0.39 is 0 Å². The van der Waals surface area contributed by atoms with Crippen LogP contribution in [-0.4, -0.2) is 25.2 Å². The number of nitrogens with one attached hydrogen (secondary N) is 1. The molecule has 1 aromatic rings. The fraction of sp³-hybridized carbons (Fsp3) is 0.500. The minimum Gasteiger partial charge on any atom is -0.385 e. The second-order valence-electron chi connectivity index (χ2n) is 3.95. The number of nitro groups is 1. The molecule has 0 radical (unpaired) electrons. The first kappa shape index (κ1) is 15.1. The number of methoxy groups -OCH3 is 1. The first-order valence-electron chi connectivity index (χ1n) is 5.77. The summed E-state index contributed by atoms with van der Waals surface area (Å²) in [7, 11) is 1.69. The van der Waals surface area contributed by atoms with Crippen LogP contribution in [-0.2, 0) is 11.3 Å². The number of non-ortho nitro benzene ring substituents is 1. The number of ether oxygens (including phenoxy) is 1. The molecule has 0 aliphatic carbocycles. The third kappa shape index (κ3) is 5.57. The molecule has 0 amide bonds. The molecule has 1 rings (SSSR count). The van der Waals surface area contributed by atoms with E-state index in [1.807, 2.05) is 6.07 Å². The van der Waals surface area contributed by atoms with Crippen molar-refractivity contribution in [1.29, 1.82) is 0 Å². The zero-order valence-corrected chi connectivity index (χ0v) is 11.9. The number of unbranched alkanes of at least 4 members (excludes halogenated alkanes) is 1. The van der Waals surface area contributed by atoms with Crippen molar-refractivity contribution >= 4 is 21.6 Å². The topological polar surface area (TPSA) is 64.4 Å². The largest absolute Gasteiger partial charge is 0.385 e. The zero-order chi connectivity index (χ0) is 13.4. The molecule has 0 unspecified atom stereocenters. The van der Waals surface area contributed by atoms with Crippen molar-refractivity contribution in [2.45, 2.75) is 19.4 Å². The lowest BCUT2D eigenvalue weighted by Crippen LogP contribution is -2.15. The average molecular weight is 317 g/mol. The molecule has 0 bridgehead atoms. The Bertz CT molecular complexity index is 399. The third-order valence-electron chi connectivity index (χ3n) is 2.43. The van der Waals surface area contributed by atoms with Gasteiger partial charge in [0, 0.05) is 36.9 Å². The van der Waals surface area contributed by atoms with Crippen LogP contribution in [0.25, 0.3) is 0 Å². The number of rotatable bonds is 8. The molecule has 1 N–H and O–H groups in total. The molecule has 0 saturated heterocycles. The van der Waals surface area contributed by atoms with Crippen LogP contribution in [0.4, 0.5) is 5.69 Å². The lowest BCUT2D eigenvalue weighted by atomic mass is 10.2. The summed E-state index contributed by atoms with van der Waals surface area (Å²) in [5.74, 6) is 0. The molecule has 0 spiro atoms. The van der Waals surface area contributed by atoms with Gasteiger partial charge in [0.2, 0.25) is 0 Å². The lowest BCUT2D eigenvalue weighted by molar-refractivity contribution is -0.385. The Labute approximate surface area is 115 Å². The number of hydrogen-bond acceptors (Lipinski definition) is 4. The van der Waals surface area contributed by atoms with E-state index in [-0.39, 0.29) is 10.6 Å². The van der Waals surface area contributed by atoms with Crippen molar-refractivity contribution in [2.75, 3.05) is 20.3 Å². The van der Waals surface area contributed by atoms with E-state index in [0.29, 0.717) is 6.54 Å².